The first-order chi connectivity index (χ1) is 14.0. The Bertz CT molecular complexity index is 941. The quantitative estimate of drug-likeness (QED) is 0.483. The van der Waals surface area contributed by atoms with Crippen LogP contribution in [-0.2, 0) is 11.2 Å². The molecule has 2 aromatic carbocycles. The SMILES string of the molecule is CC(Nc1ccc(NC(=O)c2ccc(Cl)cc2)cc1)C(=O)NCCc1cccs1. The molecule has 0 aliphatic rings. The Kier molecular flexibility index (Phi) is 7.27. The van der Waals surface area contributed by atoms with E-state index in [1.165, 1.54) is 4.88 Å². The molecule has 7 heteroatoms. The predicted molar refractivity (Wildman–Crippen MR) is 120 cm³/mol. The van der Waals surface area contributed by atoms with Crippen LogP contribution in [0.4, 0.5) is 11.4 Å². The minimum atomic E-state index is -0.368. The van der Waals surface area contributed by atoms with Crippen LogP contribution in [0.15, 0.2) is 66.0 Å². The second-order valence-corrected chi connectivity index (χ2v) is 7.99. The Labute approximate surface area is 179 Å². The number of nitrogens with one attached hydrogen (secondary N) is 3. The summed E-state index contributed by atoms with van der Waals surface area (Å²) in [4.78, 5) is 25.7. The zero-order valence-electron chi connectivity index (χ0n) is 15.9. The molecule has 0 aliphatic heterocycles. The summed E-state index contributed by atoms with van der Waals surface area (Å²) in [6.45, 7) is 2.43. The smallest absolute Gasteiger partial charge is 0.255 e. The van der Waals surface area contributed by atoms with E-state index >= 15 is 0 Å². The highest BCUT2D eigenvalue weighted by Gasteiger charge is 2.12. The van der Waals surface area contributed by atoms with E-state index in [-0.39, 0.29) is 17.9 Å². The van der Waals surface area contributed by atoms with Crippen molar-refractivity contribution >= 4 is 46.1 Å². The van der Waals surface area contributed by atoms with Gasteiger partial charge in [-0.05, 0) is 73.3 Å². The van der Waals surface area contributed by atoms with Crippen molar-refractivity contribution in [1.29, 1.82) is 0 Å². The van der Waals surface area contributed by atoms with Crippen LogP contribution in [0.25, 0.3) is 0 Å². The standard InChI is InChI=1S/C22H22ClN3O2S/c1-15(21(27)24-13-12-20-3-2-14-29-20)25-18-8-10-19(11-9-18)26-22(28)16-4-6-17(23)7-5-16/h2-11,14-15,25H,12-13H2,1H3,(H,24,27)(H,26,28). The van der Waals surface area contributed by atoms with E-state index < -0.39 is 0 Å². The number of anilines is 2. The molecule has 0 bridgehead atoms. The van der Waals surface area contributed by atoms with E-state index in [9.17, 15) is 9.59 Å². The molecule has 150 valence electrons. The summed E-state index contributed by atoms with van der Waals surface area (Å²) in [5.74, 6) is -0.262. The summed E-state index contributed by atoms with van der Waals surface area (Å²) in [7, 11) is 0. The molecule has 3 N–H and O–H groups in total. The van der Waals surface area contributed by atoms with Gasteiger partial charge in [-0.3, -0.25) is 9.59 Å². The Morgan fingerprint density at radius 3 is 2.34 bits per heavy atom. The Hall–Kier alpha value is -2.83. The van der Waals surface area contributed by atoms with Gasteiger partial charge in [-0.2, -0.15) is 0 Å². The molecule has 0 fully saturated rings. The van der Waals surface area contributed by atoms with Gasteiger partial charge >= 0.3 is 0 Å². The number of carbonyl (C=O) groups excluding carboxylic acids is 2. The summed E-state index contributed by atoms with van der Waals surface area (Å²) >= 11 is 7.53. The van der Waals surface area contributed by atoms with Crippen molar-refractivity contribution in [3.05, 3.63) is 81.5 Å². The normalized spacial score (nSPS) is 11.5. The van der Waals surface area contributed by atoms with Crippen molar-refractivity contribution in [2.75, 3.05) is 17.2 Å². The van der Waals surface area contributed by atoms with Gasteiger partial charge in [-0.15, -0.1) is 11.3 Å². The molecule has 0 radical (unpaired) electrons. The fraction of sp³-hybridized carbons (Fsp3) is 0.182. The van der Waals surface area contributed by atoms with E-state index in [1.54, 1.807) is 47.7 Å². The van der Waals surface area contributed by atoms with Gasteiger partial charge in [-0.25, -0.2) is 0 Å². The highest BCUT2D eigenvalue weighted by Crippen LogP contribution is 2.16. The number of amides is 2. The van der Waals surface area contributed by atoms with Gasteiger partial charge in [0, 0.05) is 33.4 Å². The third kappa shape index (κ3) is 6.34. The van der Waals surface area contributed by atoms with Crippen molar-refractivity contribution < 1.29 is 9.59 Å². The summed E-state index contributed by atoms with van der Waals surface area (Å²) in [6, 6.07) is 17.6. The van der Waals surface area contributed by atoms with Gasteiger partial charge in [-0.1, -0.05) is 17.7 Å². The van der Waals surface area contributed by atoms with Crippen LogP contribution in [0.3, 0.4) is 0 Å². The third-order valence-electron chi connectivity index (χ3n) is 4.28. The topological polar surface area (TPSA) is 70.2 Å². The van der Waals surface area contributed by atoms with Gasteiger partial charge in [0.05, 0.1) is 0 Å². The van der Waals surface area contributed by atoms with Crippen molar-refractivity contribution in [2.24, 2.45) is 0 Å². The van der Waals surface area contributed by atoms with Gasteiger partial charge in [0.2, 0.25) is 5.91 Å². The highest BCUT2D eigenvalue weighted by atomic mass is 35.5. The van der Waals surface area contributed by atoms with E-state index in [1.807, 2.05) is 30.5 Å². The Morgan fingerprint density at radius 1 is 1.00 bits per heavy atom. The number of halogens is 1. The van der Waals surface area contributed by atoms with Crippen LogP contribution in [0, 0.1) is 0 Å². The fourth-order valence-electron chi connectivity index (χ4n) is 2.69. The lowest BCUT2D eigenvalue weighted by atomic mass is 10.2. The summed E-state index contributed by atoms with van der Waals surface area (Å²) in [5.41, 5.74) is 2.00. The maximum Gasteiger partial charge on any atom is 0.255 e. The number of hydrogen-bond acceptors (Lipinski definition) is 4. The minimum absolute atomic E-state index is 0.0540. The number of carbonyl (C=O) groups is 2. The number of rotatable bonds is 8. The van der Waals surface area contributed by atoms with Crippen molar-refractivity contribution in [2.45, 2.75) is 19.4 Å². The fourth-order valence-corrected chi connectivity index (χ4v) is 3.52. The predicted octanol–water partition coefficient (Wildman–Crippen LogP) is 4.81. The first-order valence-electron chi connectivity index (χ1n) is 9.25. The summed E-state index contributed by atoms with van der Waals surface area (Å²) < 4.78 is 0. The second-order valence-electron chi connectivity index (χ2n) is 6.52. The summed E-state index contributed by atoms with van der Waals surface area (Å²) in [6.07, 6.45) is 0.831. The summed E-state index contributed by atoms with van der Waals surface area (Å²) in [5, 5.41) is 11.6. The minimum Gasteiger partial charge on any atom is -0.374 e. The lowest BCUT2D eigenvalue weighted by molar-refractivity contribution is -0.121. The zero-order chi connectivity index (χ0) is 20.6. The molecule has 3 rings (SSSR count). The van der Waals surface area contributed by atoms with Crippen LogP contribution < -0.4 is 16.0 Å². The lowest BCUT2D eigenvalue weighted by Gasteiger charge is -2.15. The van der Waals surface area contributed by atoms with Gasteiger partial charge in [0.1, 0.15) is 6.04 Å². The van der Waals surface area contributed by atoms with E-state index in [0.29, 0.717) is 22.8 Å². The molecule has 3 aromatic rings. The van der Waals surface area contributed by atoms with Crippen LogP contribution in [0.5, 0.6) is 0 Å². The molecule has 1 heterocycles. The average molecular weight is 428 g/mol. The zero-order valence-corrected chi connectivity index (χ0v) is 17.5. The first-order valence-corrected chi connectivity index (χ1v) is 10.5. The van der Waals surface area contributed by atoms with Crippen molar-refractivity contribution in [3.8, 4) is 0 Å². The molecule has 5 nitrogen and oxygen atoms in total. The molecule has 0 spiro atoms. The Morgan fingerprint density at radius 2 is 1.69 bits per heavy atom. The molecule has 1 atom stereocenters. The number of thiophene rings is 1. The maximum atomic E-state index is 12.2. The Balaban J connectivity index is 1.47. The lowest BCUT2D eigenvalue weighted by Crippen LogP contribution is -2.38. The molecule has 0 aliphatic carbocycles. The van der Waals surface area contributed by atoms with E-state index in [4.69, 9.17) is 11.6 Å². The second kappa shape index (κ2) is 10.1. The van der Waals surface area contributed by atoms with Gasteiger partial charge < -0.3 is 16.0 Å². The molecule has 1 aromatic heterocycles. The molecule has 29 heavy (non-hydrogen) atoms. The van der Waals surface area contributed by atoms with Crippen molar-refractivity contribution in [1.82, 2.24) is 5.32 Å². The van der Waals surface area contributed by atoms with Crippen molar-refractivity contribution in [3.63, 3.8) is 0 Å². The van der Waals surface area contributed by atoms with E-state index in [2.05, 4.69) is 22.0 Å². The van der Waals surface area contributed by atoms with Crippen LogP contribution in [-0.4, -0.2) is 24.4 Å². The number of benzene rings is 2. The average Bonchev–Trinajstić information content (AvgIpc) is 3.23. The molecule has 0 saturated heterocycles. The molecule has 0 saturated carbocycles. The molecule has 2 amide bonds. The highest BCUT2D eigenvalue weighted by molar-refractivity contribution is 7.09. The largest absolute Gasteiger partial charge is 0.374 e. The maximum absolute atomic E-state index is 12.2. The van der Waals surface area contributed by atoms with Crippen LogP contribution >= 0.6 is 22.9 Å². The first kappa shape index (κ1) is 20.9. The van der Waals surface area contributed by atoms with Gasteiger partial charge in [0.15, 0.2) is 0 Å². The molecular weight excluding hydrogens is 406 g/mol. The number of hydrogen-bond donors (Lipinski definition) is 3. The van der Waals surface area contributed by atoms with Crippen LogP contribution in [0.2, 0.25) is 5.02 Å². The molecule has 1 unspecified atom stereocenters. The van der Waals surface area contributed by atoms with Gasteiger partial charge in [0.25, 0.3) is 5.91 Å². The van der Waals surface area contributed by atoms with Crippen LogP contribution in [0.1, 0.15) is 22.2 Å². The third-order valence-corrected chi connectivity index (χ3v) is 5.46. The van der Waals surface area contributed by atoms with E-state index in [0.717, 1.165) is 12.1 Å². The monoisotopic (exact) mass is 427 g/mol. The molecular formula is C22H22ClN3O2S.